The molecular weight excluding hydrogens is 507 g/mol. The molecule has 0 atom stereocenters. The number of ether oxygens (including phenoxy) is 2. The van der Waals surface area contributed by atoms with Gasteiger partial charge in [0.2, 0.25) is 0 Å². The maximum Gasteiger partial charge on any atom is 0.397 e. The molecule has 2 amide bonds. The molecule has 10 heteroatoms. The molecule has 36 heavy (non-hydrogen) atoms. The van der Waals surface area contributed by atoms with Crippen LogP contribution in [-0.2, 0) is 27.3 Å². The van der Waals surface area contributed by atoms with Gasteiger partial charge in [0.25, 0.3) is 5.91 Å². The standard InChI is InChI=1S/C26H22Cl2N2O6/c1-2-35-26(34)24(32)29-17-11-20(27)23(21(28)12-17)36-18-7-8-22(31)19(13-18)25(33)30-10-9-15-5-3-4-6-16(15)14-30/h3-8,11-13,31H,2,9-10,14H2,1H3,(H,29,32). The zero-order chi connectivity index (χ0) is 25.8. The summed E-state index contributed by atoms with van der Waals surface area (Å²) in [6.07, 6.45) is 0.725. The number of esters is 1. The quantitative estimate of drug-likeness (QED) is 0.348. The summed E-state index contributed by atoms with van der Waals surface area (Å²) >= 11 is 12.6. The highest BCUT2D eigenvalue weighted by Gasteiger charge is 2.24. The molecule has 0 saturated heterocycles. The molecule has 0 bridgehead atoms. The Hall–Kier alpha value is -3.75. The molecule has 0 saturated carbocycles. The Morgan fingerprint density at radius 3 is 2.42 bits per heavy atom. The van der Waals surface area contributed by atoms with Crippen molar-refractivity contribution in [2.75, 3.05) is 18.5 Å². The number of phenols is 1. The minimum atomic E-state index is -1.04. The predicted molar refractivity (Wildman–Crippen MR) is 135 cm³/mol. The SMILES string of the molecule is CCOC(=O)C(=O)Nc1cc(Cl)c(Oc2ccc(O)c(C(=O)N3CCc4ccccc4C3)c2)c(Cl)c1. The second kappa shape index (κ2) is 10.9. The molecule has 4 rings (SSSR count). The summed E-state index contributed by atoms with van der Waals surface area (Å²) in [5.41, 5.74) is 2.52. The third-order valence-corrected chi connectivity index (χ3v) is 6.11. The topological polar surface area (TPSA) is 105 Å². The van der Waals surface area contributed by atoms with Gasteiger partial charge in [-0.05, 0) is 54.8 Å². The average Bonchev–Trinajstić information content (AvgIpc) is 2.86. The molecule has 0 spiro atoms. The van der Waals surface area contributed by atoms with Gasteiger partial charge in [-0.3, -0.25) is 9.59 Å². The fraction of sp³-hybridized carbons (Fsp3) is 0.192. The highest BCUT2D eigenvalue weighted by molar-refractivity contribution is 6.39. The van der Waals surface area contributed by atoms with E-state index in [1.54, 1.807) is 11.8 Å². The van der Waals surface area contributed by atoms with Crippen LogP contribution < -0.4 is 10.1 Å². The molecule has 2 N–H and O–H groups in total. The monoisotopic (exact) mass is 528 g/mol. The van der Waals surface area contributed by atoms with Gasteiger partial charge < -0.3 is 24.8 Å². The number of hydrogen-bond acceptors (Lipinski definition) is 6. The molecule has 3 aromatic carbocycles. The first-order valence-electron chi connectivity index (χ1n) is 11.1. The third-order valence-electron chi connectivity index (χ3n) is 5.55. The molecule has 0 fully saturated rings. The molecule has 1 aliphatic rings. The fourth-order valence-corrected chi connectivity index (χ4v) is 4.38. The number of rotatable bonds is 5. The Bertz CT molecular complexity index is 1320. The van der Waals surface area contributed by atoms with Gasteiger partial charge in [-0.1, -0.05) is 47.5 Å². The zero-order valence-corrected chi connectivity index (χ0v) is 20.7. The number of carbonyl (C=O) groups is 3. The van der Waals surface area contributed by atoms with Crippen LogP contribution >= 0.6 is 23.2 Å². The Balaban J connectivity index is 1.52. The van der Waals surface area contributed by atoms with Gasteiger partial charge in [0.15, 0.2) is 5.75 Å². The maximum absolute atomic E-state index is 13.2. The number of benzene rings is 3. The Labute approximate surface area is 217 Å². The molecule has 1 heterocycles. The molecule has 0 aliphatic carbocycles. The summed E-state index contributed by atoms with van der Waals surface area (Å²) in [6.45, 7) is 2.61. The van der Waals surface area contributed by atoms with Crippen LogP contribution in [0, 0.1) is 0 Å². The van der Waals surface area contributed by atoms with E-state index < -0.39 is 11.9 Å². The van der Waals surface area contributed by atoms with Crippen molar-refractivity contribution in [2.45, 2.75) is 19.9 Å². The van der Waals surface area contributed by atoms with Gasteiger partial charge >= 0.3 is 11.9 Å². The van der Waals surface area contributed by atoms with Crippen molar-refractivity contribution < 1.29 is 29.0 Å². The first-order valence-corrected chi connectivity index (χ1v) is 11.9. The van der Waals surface area contributed by atoms with Gasteiger partial charge in [0.05, 0.1) is 22.2 Å². The number of aromatic hydroxyl groups is 1. The van der Waals surface area contributed by atoms with Crippen LogP contribution in [-0.4, -0.2) is 40.9 Å². The van der Waals surface area contributed by atoms with Crippen LogP contribution in [0.3, 0.4) is 0 Å². The van der Waals surface area contributed by atoms with Crippen molar-refractivity contribution in [1.82, 2.24) is 4.90 Å². The Morgan fingerprint density at radius 2 is 1.72 bits per heavy atom. The van der Waals surface area contributed by atoms with E-state index in [0.29, 0.717) is 13.1 Å². The van der Waals surface area contributed by atoms with Crippen LogP contribution in [0.5, 0.6) is 17.2 Å². The van der Waals surface area contributed by atoms with Crippen LogP contribution in [0.2, 0.25) is 10.0 Å². The van der Waals surface area contributed by atoms with Gasteiger partial charge in [0, 0.05) is 18.8 Å². The van der Waals surface area contributed by atoms with Crippen molar-refractivity contribution in [1.29, 1.82) is 0 Å². The van der Waals surface area contributed by atoms with Gasteiger partial charge in [-0.2, -0.15) is 0 Å². The molecule has 0 unspecified atom stereocenters. The third kappa shape index (κ3) is 5.56. The van der Waals surface area contributed by atoms with Crippen LogP contribution in [0.15, 0.2) is 54.6 Å². The minimum Gasteiger partial charge on any atom is -0.507 e. The summed E-state index contributed by atoms with van der Waals surface area (Å²) in [5.74, 6) is -2.23. The number of amides is 2. The fourth-order valence-electron chi connectivity index (χ4n) is 3.82. The lowest BCUT2D eigenvalue weighted by Gasteiger charge is -2.29. The highest BCUT2D eigenvalue weighted by Crippen LogP contribution is 2.40. The number of anilines is 1. The number of fused-ring (bicyclic) bond motifs is 1. The largest absolute Gasteiger partial charge is 0.507 e. The molecule has 0 radical (unpaired) electrons. The lowest BCUT2D eigenvalue weighted by molar-refractivity contribution is -0.152. The highest BCUT2D eigenvalue weighted by atomic mass is 35.5. The lowest BCUT2D eigenvalue weighted by Crippen LogP contribution is -2.35. The first-order chi connectivity index (χ1) is 17.3. The van der Waals surface area contributed by atoms with Crippen molar-refractivity contribution in [3.8, 4) is 17.2 Å². The number of phenolic OH excluding ortho intramolecular Hbond substituents is 1. The van der Waals surface area contributed by atoms with E-state index in [1.165, 1.54) is 35.9 Å². The molecule has 0 aromatic heterocycles. The van der Waals surface area contributed by atoms with Gasteiger partial charge in [-0.25, -0.2) is 4.79 Å². The summed E-state index contributed by atoms with van der Waals surface area (Å²) in [5, 5.41) is 12.8. The number of carbonyl (C=O) groups excluding carboxylic acids is 3. The summed E-state index contributed by atoms with van der Waals surface area (Å²) < 4.78 is 10.5. The normalized spacial score (nSPS) is 12.5. The van der Waals surface area contributed by atoms with E-state index in [4.69, 9.17) is 27.9 Å². The maximum atomic E-state index is 13.2. The molecule has 1 aliphatic heterocycles. The van der Waals surface area contributed by atoms with Crippen molar-refractivity contribution in [3.05, 3.63) is 81.3 Å². The zero-order valence-electron chi connectivity index (χ0n) is 19.2. The number of nitrogens with one attached hydrogen (secondary N) is 1. The van der Waals surface area contributed by atoms with Crippen molar-refractivity contribution in [2.24, 2.45) is 0 Å². The Kier molecular flexibility index (Phi) is 7.67. The van der Waals surface area contributed by atoms with Crippen molar-refractivity contribution >= 4 is 46.7 Å². The van der Waals surface area contributed by atoms with Crippen LogP contribution in [0.1, 0.15) is 28.4 Å². The first kappa shape index (κ1) is 25.3. The predicted octanol–water partition coefficient (Wildman–Crippen LogP) is 5.19. The number of hydrogen-bond donors (Lipinski definition) is 2. The Morgan fingerprint density at radius 1 is 1.03 bits per heavy atom. The molecule has 3 aromatic rings. The summed E-state index contributed by atoms with van der Waals surface area (Å²) in [6, 6.07) is 14.9. The average molecular weight is 529 g/mol. The van der Waals surface area contributed by atoms with Gasteiger partial charge in [-0.15, -0.1) is 0 Å². The lowest BCUT2D eigenvalue weighted by atomic mass is 9.99. The minimum absolute atomic E-state index is 0.0512. The van der Waals surface area contributed by atoms with Crippen molar-refractivity contribution in [3.63, 3.8) is 0 Å². The summed E-state index contributed by atoms with van der Waals surface area (Å²) in [7, 11) is 0. The number of halogens is 2. The second-order valence-electron chi connectivity index (χ2n) is 7.97. The van der Waals surface area contributed by atoms with E-state index in [9.17, 15) is 19.5 Å². The second-order valence-corrected chi connectivity index (χ2v) is 8.78. The van der Waals surface area contributed by atoms with Crippen LogP contribution in [0.4, 0.5) is 5.69 Å². The van der Waals surface area contributed by atoms with E-state index >= 15 is 0 Å². The van der Waals surface area contributed by atoms with E-state index in [0.717, 1.165) is 12.0 Å². The number of nitrogens with zero attached hydrogens (tertiary/aromatic N) is 1. The van der Waals surface area contributed by atoms with E-state index in [1.807, 2.05) is 24.3 Å². The summed E-state index contributed by atoms with van der Waals surface area (Å²) in [4.78, 5) is 38.3. The molecule has 186 valence electrons. The van der Waals surface area contributed by atoms with E-state index in [-0.39, 0.29) is 51.1 Å². The smallest absolute Gasteiger partial charge is 0.397 e. The molecular formula is C26H22Cl2N2O6. The van der Waals surface area contributed by atoms with Gasteiger partial charge in [0.1, 0.15) is 11.5 Å². The van der Waals surface area contributed by atoms with E-state index in [2.05, 4.69) is 10.1 Å². The van der Waals surface area contributed by atoms with Crippen LogP contribution in [0.25, 0.3) is 0 Å². The molecule has 8 nitrogen and oxygen atoms in total.